The van der Waals surface area contributed by atoms with E-state index in [1.165, 1.54) is 0 Å². The van der Waals surface area contributed by atoms with E-state index in [0.717, 1.165) is 54.3 Å². The molecule has 2 aromatic rings. The predicted molar refractivity (Wildman–Crippen MR) is 104 cm³/mol. The summed E-state index contributed by atoms with van der Waals surface area (Å²) in [5.41, 5.74) is 2.67. The van der Waals surface area contributed by atoms with E-state index in [9.17, 15) is 9.59 Å². The van der Waals surface area contributed by atoms with Crippen LogP contribution in [0.2, 0.25) is 0 Å². The third-order valence-electron chi connectivity index (χ3n) is 4.97. The van der Waals surface area contributed by atoms with Crippen molar-refractivity contribution in [3.8, 4) is 5.75 Å². The van der Waals surface area contributed by atoms with Crippen LogP contribution in [0.1, 0.15) is 41.8 Å². The van der Waals surface area contributed by atoms with Gasteiger partial charge >= 0.3 is 0 Å². The van der Waals surface area contributed by atoms with Gasteiger partial charge in [0.15, 0.2) is 0 Å². The normalized spacial score (nSPS) is 13.6. The van der Waals surface area contributed by atoms with Crippen LogP contribution in [0.4, 0.5) is 0 Å². The van der Waals surface area contributed by atoms with Gasteiger partial charge in [-0.25, -0.2) is 0 Å². The lowest BCUT2D eigenvalue weighted by Gasteiger charge is -2.15. The first kappa shape index (κ1) is 19.9. The number of hydrogen-bond acceptors (Lipinski definition) is 5. The smallest absolute Gasteiger partial charge is 0.224 e. The maximum absolute atomic E-state index is 12.1. The highest BCUT2D eigenvalue weighted by atomic mass is 16.5. The molecule has 0 saturated carbocycles. The van der Waals surface area contributed by atoms with Crippen LogP contribution >= 0.6 is 0 Å². The van der Waals surface area contributed by atoms with Gasteiger partial charge in [0, 0.05) is 26.1 Å². The molecule has 0 bridgehead atoms. The molecule has 28 heavy (non-hydrogen) atoms. The predicted octanol–water partition coefficient (Wildman–Crippen LogP) is 2.54. The number of hydrogen-bond donors (Lipinski definition) is 1. The molecule has 0 atom stereocenters. The van der Waals surface area contributed by atoms with E-state index in [2.05, 4.69) is 10.5 Å². The lowest BCUT2D eigenvalue weighted by atomic mass is 10.1. The van der Waals surface area contributed by atoms with Gasteiger partial charge in [0.1, 0.15) is 18.1 Å². The van der Waals surface area contributed by atoms with Crippen LogP contribution in [0.5, 0.6) is 5.75 Å². The number of rotatable bonds is 8. The quantitative estimate of drug-likeness (QED) is 0.755. The zero-order valence-electron chi connectivity index (χ0n) is 16.5. The Kier molecular flexibility index (Phi) is 6.68. The van der Waals surface area contributed by atoms with E-state index < -0.39 is 0 Å². The van der Waals surface area contributed by atoms with Crippen LogP contribution < -0.4 is 10.1 Å². The van der Waals surface area contributed by atoms with Crippen molar-refractivity contribution in [2.24, 2.45) is 0 Å². The average Bonchev–Trinajstić information content (AvgIpc) is 3.32. The number of nitrogens with one attached hydrogen (secondary N) is 1. The molecule has 2 heterocycles. The molecule has 1 fully saturated rings. The molecule has 0 unspecified atom stereocenters. The van der Waals surface area contributed by atoms with E-state index in [1.54, 1.807) is 0 Å². The summed E-state index contributed by atoms with van der Waals surface area (Å²) in [6.45, 7) is 6.21. The SMILES string of the molecule is Cc1noc(C)c1COc1ccc(CC(=O)NCCC(=O)N2CCCC2)cc1. The van der Waals surface area contributed by atoms with Gasteiger partial charge in [-0.3, -0.25) is 9.59 Å². The number of benzene rings is 1. The molecule has 1 N–H and O–H groups in total. The van der Waals surface area contributed by atoms with Crippen molar-refractivity contribution in [3.63, 3.8) is 0 Å². The number of nitrogens with zero attached hydrogens (tertiary/aromatic N) is 2. The van der Waals surface area contributed by atoms with Crippen molar-refractivity contribution in [3.05, 3.63) is 46.8 Å². The van der Waals surface area contributed by atoms with Crippen molar-refractivity contribution < 1.29 is 18.8 Å². The standard InChI is InChI=1S/C21H27N3O4/c1-15-19(16(2)28-23-15)14-27-18-7-5-17(6-8-18)13-20(25)22-10-9-21(26)24-11-3-4-12-24/h5-8H,3-4,9-14H2,1-2H3,(H,22,25). The molecular formula is C21H27N3O4. The molecule has 0 radical (unpaired) electrons. The molecule has 2 amide bonds. The lowest BCUT2D eigenvalue weighted by molar-refractivity contribution is -0.130. The summed E-state index contributed by atoms with van der Waals surface area (Å²) in [6, 6.07) is 7.44. The van der Waals surface area contributed by atoms with Gasteiger partial charge in [-0.1, -0.05) is 17.3 Å². The number of amides is 2. The Hall–Kier alpha value is -2.83. The molecule has 150 valence electrons. The van der Waals surface area contributed by atoms with Gasteiger partial charge in [-0.05, 0) is 44.4 Å². The first-order chi connectivity index (χ1) is 13.5. The molecule has 7 heteroatoms. The molecule has 0 aliphatic carbocycles. The zero-order valence-corrected chi connectivity index (χ0v) is 16.5. The maximum Gasteiger partial charge on any atom is 0.224 e. The summed E-state index contributed by atoms with van der Waals surface area (Å²) in [6.07, 6.45) is 2.80. The van der Waals surface area contributed by atoms with Crippen molar-refractivity contribution in [2.75, 3.05) is 19.6 Å². The van der Waals surface area contributed by atoms with Crippen molar-refractivity contribution in [1.29, 1.82) is 0 Å². The second-order valence-electron chi connectivity index (χ2n) is 7.10. The van der Waals surface area contributed by atoms with E-state index in [4.69, 9.17) is 9.26 Å². The molecule has 1 saturated heterocycles. The van der Waals surface area contributed by atoms with Gasteiger partial charge < -0.3 is 19.5 Å². The Morgan fingerprint density at radius 3 is 2.54 bits per heavy atom. The minimum Gasteiger partial charge on any atom is -0.489 e. The number of aromatic nitrogens is 1. The maximum atomic E-state index is 12.1. The first-order valence-corrected chi connectivity index (χ1v) is 9.71. The topological polar surface area (TPSA) is 84.7 Å². The molecular weight excluding hydrogens is 358 g/mol. The van der Waals surface area contributed by atoms with Gasteiger partial charge in [-0.2, -0.15) is 0 Å². The summed E-state index contributed by atoms with van der Waals surface area (Å²) in [5.74, 6) is 1.52. The summed E-state index contributed by atoms with van der Waals surface area (Å²) in [7, 11) is 0. The number of ether oxygens (including phenoxy) is 1. The Labute approximate surface area is 165 Å². The summed E-state index contributed by atoms with van der Waals surface area (Å²) >= 11 is 0. The first-order valence-electron chi connectivity index (χ1n) is 9.71. The molecule has 1 aliphatic rings. The Morgan fingerprint density at radius 2 is 1.89 bits per heavy atom. The van der Waals surface area contributed by atoms with E-state index in [0.29, 0.717) is 19.6 Å². The number of carbonyl (C=O) groups excluding carboxylic acids is 2. The number of likely N-dealkylation sites (tertiary alicyclic amines) is 1. The van der Waals surface area contributed by atoms with Crippen molar-refractivity contribution >= 4 is 11.8 Å². The highest BCUT2D eigenvalue weighted by molar-refractivity contribution is 5.80. The fourth-order valence-corrected chi connectivity index (χ4v) is 3.25. The third kappa shape index (κ3) is 5.34. The van der Waals surface area contributed by atoms with Crippen LogP contribution in [0.3, 0.4) is 0 Å². The van der Waals surface area contributed by atoms with Crippen LogP contribution in [0.25, 0.3) is 0 Å². The summed E-state index contributed by atoms with van der Waals surface area (Å²) in [5, 5.41) is 6.73. The molecule has 1 aromatic heterocycles. The van der Waals surface area contributed by atoms with Gasteiger partial charge in [0.05, 0.1) is 17.7 Å². The number of carbonyl (C=O) groups is 2. The van der Waals surface area contributed by atoms with Crippen molar-refractivity contribution in [2.45, 2.75) is 46.1 Å². The fraction of sp³-hybridized carbons (Fsp3) is 0.476. The Bertz CT molecular complexity index is 788. The number of aryl methyl sites for hydroxylation is 2. The molecule has 1 aliphatic heterocycles. The highest BCUT2D eigenvalue weighted by Crippen LogP contribution is 2.18. The van der Waals surface area contributed by atoms with Gasteiger partial charge in [0.2, 0.25) is 11.8 Å². The molecule has 0 spiro atoms. The molecule has 1 aromatic carbocycles. The minimum absolute atomic E-state index is 0.0846. The van der Waals surface area contributed by atoms with Gasteiger partial charge in [0.25, 0.3) is 0 Å². The fourth-order valence-electron chi connectivity index (χ4n) is 3.25. The Morgan fingerprint density at radius 1 is 1.18 bits per heavy atom. The average molecular weight is 385 g/mol. The lowest BCUT2D eigenvalue weighted by Crippen LogP contribution is -2.33. The summed E-state index contributed by atoms with van der Waals surface area (Å²) < 4.78 is 10.9. The minimum atomic E-state index is -0.0846. The van der Waals surface area contributed by atoms with Crippen LogP contribution in [0.15, 0.2) is 28.8 Å². The van der Waals surface area contributed by atoms with E-state index in [1.807, 2.05) is 43.0 Å². The van der Waals surface area contributed by atoms with Crippen LogP contribution in [-0.2, 0) is 22.6 Å². The van der Waals surface area contributed by atoms with E-state index >= 15 is 0 Å². The third-order valence-corrected chi connectivity index (χ3v) is 4.97. The largest absolute Gasteiger partial charge is 0.489 e. The Balaban J connectivity index is 1.39. The van der Waals surface area contributed by atoms with Gasteiger partial charge in [-0.15, -0.1) is 0 Å². The highest BCUT2D eigenvalue weighted by Gasteiger charge is 2.17. The molecule has 7 nitrogen and oxygen atoms in total. The van der Waals surface area contributed by atoms with E-state index in [-0.39, 0.29) is 18.2 Å². The van der Waals surface area contributed by atoms with Crippen molar-refractivity contribution in [1.82, 2.24) is 15.4 Å². The molecule has 3 rings (SSSR count). The second-order valence-corrected chi connectivity index (χ2v) is 7.10. The van der Waals surface area contributed by atoms with Crippen LogP contribution in [-0.4, -0.2) is 41.5 Å². The van der Waals surface area contributed by atoms with Crippen LogP contribution in [0, 0.1) is 13.8 Å². The zero-order chi connectivity index (χ0) is 19.9. The second kappa shape index (κ2) is 9.39. The summed E-state index contributed by atoms with van der Waals surface area (Å²) in [4.78, 5) is 25.9. The monoisotopic (exact) mass is 385 g/mol.